The summed E-state index contributed by atoms with van der Waals surface area (Å²) in [5.74, 6) is -1.34. The van der Waals surface area contributed by atoms with E-state index in [0.717, 1.165) is 31.6 Å². The molecular weight excluding hydrogens is 429 g/mol. The van der Waals surface area contributed by atoms with E-state index in [0.29, 0.717) is 18.0 Å². The number of halogens is 1. The Kier molecular flexibility index (Phi) is 7.48. The average molecular weight is 462 g/mol. The fraction of sp³-hybridized carbons (Fsp3) is 0.321. The summed E-state index contributed by atoms with van der Waals surface area (Å²) in [5, 5.41) is 3.01. The fourth-order valence-corrected chi connectivity index (χ4v) is 4.28. The third kappa shape index (κ3) is 6.81. The van der Waals surface area contributed by atoms with Crippen molar-refractivity contribution in [2.24, 2.45) is 0 Å². The molecule has 1 unspecified atom stereocenters. The zero-order valence-corrected chi connectivity index (χ0v) is 19.8. The van der Waals surface area contributed by atoms with Gasteiger partial charge in [-0.05, 0) is 41.8 Å². The molecule has 0 aliphatic carbocycles. The molecule has 1 N–H and O–H groups in total. The van der Waals surface area contributed by atoms with Crippen molar-refractivity contribution in [1.29, 1.82) is 0 Å². The van der Waals surface area contributed by atoms with Gasteiger partial charge in [0, 0.05) is 51.8 Å². The van der Waals surface area contributed by atoms with E-state index in [-0.39, 0.29) is 12.1 Å². The number of hydrogen-bond acceptors (Lipinski definition) is 3. The molecule has 0 bridgehead atoms. The topological polar surface area (TPSA) is 44.8 Å². The number of carbonyl (C=O) groups is 1. The number of urea groups is 1. The summed E-state index contributed by atoms with van der Waals surface area (Å²) >= 11 is 0. The summed E-state index contributed by atoms with van der Waals surface area (Å²) in [5.41, 5.74) is 3.01. The van der Waals surface area contributed by atoms with Gasteiger partial charge in [0.25, 0.3) is 0 Å². The first kappa shape index (κ1) is 23.8. The maximum absolute atomic E-state index is 13.7. The van der Waals surface area contributed by atoms with Gasteiger partial charge in [0.15, 0.2) is 0 Å². The van der Waals surface area contributed by atoms with Crippen molar-refractivity contribution in [2.45, 2.75) is 45.3 Å². The Hall–Kier alpha value is -3.38. The Balaban J connectivity index is 1.44. The number of nitrogens with one attached hydrogen (secondary N) is 1. The minimum absolute atomic E-state index is 0.110. The first-order valence-electron chi connectivity index (χ1n) is 11.7. The summed E-state index contributed by atoms with van der Waals surface area (Å²) in [6.45, 7) is 5.90. The number of likely N-dealkylation sites (tertiary alicyclic amines) is 1. The highest BCUT2D eigenvalue weighted by Gasteiger charge is 2.31. The number of carbonyl (C=O) groups excluding carboxylic acids is 1. The van der Waals surface area contributed by atoms with Gasteiger partial charge in [-0.15, -0.1) is 0 Å². The maximum atomic E-state index is 13.7. The second-order valence-electron chi connectivity index (χ2n) is 9.20. The van der Waals surface area contributed by atoms with Crippen LogP contribution in [0.1, 0.15) is 31.4 Å². The Morgan fingerprint density at radius 2 is 1.62 bits per heavy atom. The van der Waals surface area contributed by atoms with Gasteiger partial charge in [-0.3, -0.25) is 4.90 Å². The van der Waals surface area contributed by atoms with Gasteiger partial charge in [-0.2, -0.15) is 4.39 Å². The van der Waals surface area contributed by atoms with Crippen molar-refractivity contribution in [3.05, 3.63) is 96.1 Å². The number of ether oxygens (including phenoxy) is 1. The standard InChI is InChI=1S/C28H32FN3O2/c1-28(2,29)34-26-15-13-24(14-16-26)30-27(33)32(20-23-11-7-4-8-12-23)25-17-18-31(21-25)19-22-9-5-3-6-10-22/h3-16,25H,17-21H2,1-2H3,(H,30,33). The lowest BCUT2D eigenvalue weighted by Gasteiger charge is -2.30. The molecular formula is C28H32FN3O2. The highest BCUT2D eigenvalue weighted by molar-refractivity contribution is 5.89. The number of benzene rings is 3. The molecule has 5 nitrogen and oxygen atoms in total. The minimum atomic E-state index is -1.76. The molecule has 1 saturated heterocycles. The highest BCUT2D eigenvalue weighted by Crippen LogP contribution is 2.24. The van der Waals surface area contributed by atoms with E-state index in [1.807, 2.05) is 41.3 Å². The lowest BCUT2D eigenvalue weighted by atomic mass is 10.1. The molecule has 6 heteroatoms. The molecule has 0 aromatic heterocycles. The van der Waals surface area contributed by atoms with E-state index in [2.05, 4.69) is 34.5 Å². The zero-order valence-electron chi connectivity index (χ0n) is 19.8. The molecule has 3 aromatic carbocycles. The van der Waals surface area contributed by atoms with E-state index in [4.69, 9.17) is 4.74 Å². The molecule has 4 rings (SSSR count). The second kappa shape index (κ2) is 10.7. The first-order valence-corrected chi connectivity index (χ1v) is 11.7. The number of hydrogen-bond donors (Lipinski definition) is 1. The van der Waals surface area contributed by atoms with Crippen LogP contribution in [0.3, 0.4) is 0 Å². The van der Waals surface area contributed by atoms with Gasteiger partial charge in [-0.25, -0.2) is 4.79 Å². The third-order valence-electron chi connectivity index (χ3n) is 5.86. The molecule has 2 amide bonds. The van der Waals surface area contributed by atoms with Crippen LogP contribution in [-0.4, -0.2) is 40.8 Å². The normalized spacial score (nSPS) is 16.3. The van der Waals surface area contributed by atoms with Crippen LogP contribution in [-0.2, 0) is 13.1 Å². The van der Waals surface area contributed by atoms with E-state index in [1.165, 1.54) is 19.4 Å². The lowest BCUT2D eigenvalue weighted by Crippen LogP contribution is -2.43. The van der Waals surface area contributed by atoms with Crippen LogP contribution in [0.15, 0.2) is 84.9 Å². The molecule has 0 radical (unpaired) electrons. The highest BCUT2D eigenvalue weighted by atomic mass is 19.2. The van der Waals surface area contributed by atoms with Crippen molar-refractivity contribution < 1.29 is 13.9 Å². The van der Waals surface area contributed by atoms with Crippen LogP contribution in [0.5, 0.6) is 5.75 Å². The summed E-state index contributed by atoms with van der Waals surface area (Å²) in [6, 6.07) is 27.2. The van der Waals surface area contributed by atoms with Gasteiger partial charge in [0.05, 0.1) is 0 Å². The third-order valence-corrected chi connectivity index (χ3v) is 5.86. The Morgan fingerprint density at radius 1 is 1.00 bits per heavy atom. The van der Waals surface area contributed by atoms with E-state index in [1.54, 1.807) is 24.3 Å². The molecule has 1 fully saturated rings. The number of alkyl halides is 1. The SMILES string of the molecule is CC(C)(F)Oc1ccc(NC(=O)N(Cc2ccccc2)C2CCN(Cc3ccccc3)C2)cc1. The zero-order chi connectivity index (χ0) is 24.0. The van der Waals surface area contributed by atoms with Crippen molar-refractivity contribution in [3.8, 4) is 5.75 Å². The predicted octanol–water partition coefficient (Wildman–Crippen LogP) is 6.08. The van der Waals surface area contributed by atoms with Crippen LogP contribution in [0.2, 0.25) is 0 Å². The smallest absolute Gasteiger partial charge is 0.322 e. The van der Waals surface area contributed by atoms with E-state index < -0.39 is 5.85 Å². The van der Waals surface area contributed by atoms with Gasteiger partial charge < -0.3 is 15.0 Å². The minimum Gasteiger partial charge on any atom is -0.459 e. The number of amides is 2. The predicted molar refractivity (Wildman–Crippen MR) is 133 cm³/mol. The summed E-state index contributed by atoms with van der Waals surface area (Å²) in [7, 11) is 0. The number of rotatable bonds is 8. The largest absolute Gasteiger partial charge is 0.459 e. The molecule has 34 heavy (non-hydrogen) atoms. The molecule has 1 aliphatic rings. The molecule has 178 valence electrons. The van der Waals surface area contributed by atoms with Gasteiger partial charge >= 0.3 is 6.03 Å². The van der Waals surface area contributed by atoms with Gasteiger partial charge in [0.2, 0.25) is 5.85 Å². The average Bonchev–Trinajstić information content (AvgIpc) is 3.27. The summed E-state index contributed by atoms with van der Waals surface area (Å²) in [6.07, 6.45) is 0.922. The summed E-state index contributed by atoms with van der Waals surface area (Å²) < 4.78 is 19.0. The number of nitrogens with zero attached hydrogens (tertiary/aromatic N) is 2. The number of anilines is 1. The van der Waals surface area contributed by atoms with Gasteiger partial charge in [0.1, 0.15) is 5.75 Å². The molecule has 3 aromatic rings. The van der Waals surface area contributed by atoms with Gasteiger partial charge in [-0.1, -0.05) is 60.7 Å². The molecule has 1 aliphatic heterocycles. The quantitative estimate of drug-likeness (QED) is 0.442. The Morgan fingerprint density at radius 3 is 2.24 bits per heavy atom. The lowest BCUT2D eigenvalue weighted by molar-refractivity contribution is -0.0256. The summed E-state index contributed by atoms with van der Waals surface area (Å²) in [4.78, 5) is 17.7. The molecule has 0 saturated carbocycles. The van der Waals surface area contributed by atoms with Crippen molar-refractivity contribution >= 4 is 11.7 Å². The molecule has 1 heterocycles. The molecule has 1 atom stereocenters. The Labute approximate surface area is 201 Å². The van der Waals surface area contributed by atoms with Crippen LogP contribution in [0.25, 0.3) is 0 Å². The van der Waals surface area contributed by atoms with Crippen molar-refractivity contribution in [2.75, 3.05) is 18.4 Å². The molecule has 0 spiro atoms. The fourth-order valence-electron chi connectivity index (χ4n) is 4.28. The first-order chi connectivity index (χ1) is 16.4. The Bertz CT molecular complexity index is 1050. The van der Waals surface area contributed by atoms with E-state index >= 15 is 0 Å². The van der Waals surface area contributed by atoms with Crippen LogP contribution in [0.4, 0.5) is 14.9 Å². The van der Waals surface area contributed by atoms with Crippen LogP contribution in [0, 0.1) is 0 Å². The van der Waals surface area contributed by atoms with Crippen LogP contribution < -0.4 is 10.1 Å². The monoisotopic (exact) mass is 461 g/mol. The second-order valence-corrected chi connectivity index (χ2v) is 9.20. The van der Waals surface area contributed by atoms with Crippen LogP contribution >= 0.6 is 0 Å². The van der Waals surface area contributed by atoms with Crippen molar-refractivity contribution in [3.63, 3.8) is 0 Å². The van der Waals surface area contributed by atoms with E-state index in [9.17, 15) is 9.18 Å². The maximum Gasteiger partial charge on any atom is 0.322 e. The van der Waals surface area contributed by atoms with Crippen molar-refractivity contribution in [1.82, 2.24) is 9.80 Å².